The highest BCUT2D eigenvalue weighted by Gasteiger charge is 2.70. The number of nitrogens with one attached hydrogen (secondary N) is 2. The molecule has 1 saturated heterocycles. The van der Waals surface area contributed by atoms with Crippen molar-refractivity contribution in [1.29, 1.82) is 5.26 Å². The lowest BCUT2D eigenvalue weighted by atomic mass is 9.85. The van der Waals surface area contributed by atoms with Crippen molar-refractivity contribution in [1.82, 2.24) is 15.1 Å². The Kier molecular flexibility index (Phi) is 8.86. The molecule has 240 valence electrons. The summed E-state index contributed by atoms with van der Waals surface area (Å²) in [6, 6.07) is 5.85. The first kappa shape index (κ1) is 33.3. The second kappa shape index (κ2) is 11.7. The van der Waals surface area contributed by atoms with Crippen LogP contribution in [0.4, 0.5) is 18.9 Å². The van der Waals surface area contributed by atoms with Gasteiger partial charge in [-0.15, -0.1) is 0 Å². The van der Waals surface area contributed by atoms with E-state index in [1.165, 1.54) is 9.80 Å². The molecule has 1 aromatic carbocycles. The smallest absolute Gasteiger partial charge is 0.336 e. The number of anilines is 1. The summed E-state index contributed by atoms with van der Waals surface area (Å²) >= 11 is 0. The number of carbonyl (C=O) groups is 4. The Labute approximate surface area is 256 Å². The number of fused-ring (bicyclic) bond motifs is 2. The van der Waals surface area contributed by atoms with Crippen molar-refractivity contribution in [3.63, 3.8) is 0 Å². The molecule has 1 aliphatic carbocycles. The minimum absolute atomic E-state index is 0.0492. The molecule has 0 radical (unpaired) electrons. The topological polar surface area (TPSA) is 123 Å². The number of piperidine rings is 1. The summed E-state index contributed by atoms with van der Waals surface area (Å²) in [5, 5.41) is 15.1. The quantitative estimate of drug-likeness (QED) is 0.424. The van der Waals surface area contributed by atoms with Crippen molar-refractivity contribution >= 4 is 29.3 Å². The molecule has 44 heavy (non-hydrogen) atoms. The third kappa shape index (κ3) is 6.28. The predicted molar refractivity (Wildman–Crippen MR) is 157 cm³/mol. The van der Waals surface area contributed by atoms with Gasteiger partial charge in [0.15, 0.2) is 0 Å². The number of nitriles is 1. The van der Waals surface area contributed by atoms with E-state index in [0.717, 1.165) is 5.56 Å². The number of nitrogens with zero attached hydrogens (tertiary/aromatic N) is 3. The molecule has 1 saturated carbocycles. The van der Waals surface area contributed by atoms with Gasteiger partial charge in [0.25, 0.3) is 0 Å². The van der Waals surface area contributed by atoms with Gasteiger partial charge in [0.2, 0.25) is 17.7 Å². The number of rotatable bonds is 9. The number of hydrogen-bond donors (Lipinski definition) is 2. The van der Waals surface area contributed by atoms with E-state index in [2.05, 4.69) is 11.4 Å². The fourth-order valence-corrected chi connectivity index (χ4v) is 6.79. The highest BCUT2D eigenvalue weighted by molar-refractivity contribution is 6.03. The van der Waals surface area contributed by atoms with Crippen molar-refractivity contribution in [2.75, 3.05) is 18.4 Å². The lowest BCUT2D eigenvalue weighted by Gasteiger charge is -2.40. The summed E-state index contributed by atoms with van der Waals surface area (Å²) in [6.45, 7) is 12.9. The third-order valence-corrected chi connectivity index (χ3v) is 9.52. The van der Waals surface area contributed by atoms with Gasteiger partial charge in [-0.05, 0) is 53.1 Å². The molecule has 0 aromatic heterocycles. The van der Waals surface area contributed by atoms with Gasteiger partial charge in [-0.1, -0.05) is 66.7 Å². The Balaban J connectivity index is 1.68. The predicted octanol–water partition coefficient (Wildman–Crippen LogP) is 4.46. The van der Waals surface area contributed by atoms with Crippen molar-refractivity contribution in [2.45, 2.75) is 91.5 Å². The summed E-state index contributed by atoms with van der Waals surface area (Å²) in [5.74, 6) is -4.54. The van der Waals surface area contributed by atoms with Gasteiger partial charge in [-0.25, -0.2) is 0 Å². The second-order valence-corrected chi connectivity index (χ2v) is 14.4. The Morgan fingerprint density at radius 3 is 2.39 bits per heavy atom. The SMILES string of the molecule is CC(C)CCN(C(=O)[C@@H]1[C@@H]2[C@H](CN1C(=O)[C@@H](NC(=O)C(F)(F)F)C(C)(C)C)C2(C)C)[C@H](C#N)CC1C(=O)Nc2ccccc21. The van der Waals surface area contributed by atoms with Gasteiger partial charge in [-0.3, -0.25) is 19.2 Å². The minimum atomic E-state index is -5.19. The lowest BCUT2D eigenvalue weighted by molar-refractivity contribution is -0.176. The van der Waals surface area contributed by atoms with E-state index in [1.807, 2.05) is 39.1 Å². The summed E-state index contributed by atoms with van der Waals surface area (Å²) in [6.07, 6.45) is -4.58. The van der Waals surface area contributed by atoms with E-state index >= 15 is 0 Å². The van der Waals surface area contributed by atoms with Gasteiger partial charge in [0.1, 0.15) is 18.1 Å². The van der Waals surface area contributed by atoms with E-state index < -0.39 is 53.4 Å². The standard InChI is InChI=1S/C32H42F3N5O4/c1-17(2)12-13-39(18(15-36)14-20-19-10-8-9-11-22(19)37-26(20)41)27(42)24-23-21(31(23,6)7)16-40(24)28(43)25(30(3,4)5)38-29(44)32(33,34)35/h8-11,17-18,20-21,23-25H,12-14,16H2,1-7H3,(H,37,41)(H,38,44)/t18-,20?,21-,23-,24-,25+/m0/s1. The zero-order valence-electron chi connectivity index (χ0n) is 26.3. The van der Waals surface area contributed by atoms with E-state index in [1.54, 1.807) is 39.0 Å². The zero-order chi connectivity index (χ0) is 32.9. The fourth-order valence-electron chi connectivity index (χ4n) is 6.79. The first-order valence-corrected chi connectivity index (χ1v) is 15.1. The number of para-hydroxylation sites is 1. The monoisotopic (exact) mass is 617 g/mol. The molecular weight excluding hydrogens is 575 g/mol. The molecule has 12 heteroatoms. The average molecular weight is 618 g/mol. The van der Waals surface area contributed by atoms with E-state index in [0.29, 0.717) is 12.1 Å². The molecule has 2 N–H and O–H groups in total. The number of halogens is 3. The van der Waals surface area contributed by atoms with Crippen LogP contribution in [0.15, 0.2) is 24.3 Å². The van der Waals surface area contributed by atoms with Crippen molar-refractivity contribution in [2.24, 2.45) is 28.6 Å². The average Bonchev–Trinajstić information content (AvgIpc) is 3.22. The Hall–Kier alpha value is -3.62. The summed E-state index contributed by atoms with van der Waals surface area (Å²) < 4.78 is 39.7. The lowest BCUT2D eigenvalue weighted by Crippen LogP contribution is -2.61. The molecule has 0 bridgehead atoms. The molecular formula is C32H42F3N5O4. The molecule has 3 aliphatic rings. The molecule has 6 atom stereocenters. The van der Waals surface area contributed by atoms with Crippen LogP contribution in [0.25, 0.3) is 0 Å². The molecule has 1 aromatic rings. The minimum Gasteiger partial charge on any atom is -0.336 e. The molecule has 2 aliphatic heterocycles. The first-order valence-electron chi connectivity index (χ1n) is 15.1. The number of carbonyl (C=O) groups excluding carboxylic acids is 4. The van der Waals surface area contributed by atoms with Crippen molar-refractivity contribution in [3.8, 4) is 6.07 Å². The van der Waals surface area contributed by atoms with Crippen LogP contribution in [0, 0.1) is 39.9 Å². The third-order valence-electron chi connectivity index (χ3n) is 9.52. The van der Waals surface area contributed by atoms with E-state index in [-0.39, 0.29) is 48.6 Å². The number of benzene rings is 1. The highest BCUT2D eigenvalue weighted by Crippen LogP contribution is 2.65. The largest absolute Gasteiger partial charge is 0.471 e. The van der Waals surface area contributed by atoms with E-state index in [4.69, 9.17) is 0 Å². The Bertz CT molecular complexity index is 1360. The summed E-state index contributed by atoms with van der Waals surface area (Å²) in [7, 11) is 0. The molecule has 2 fully saturated rings. The van der Waals surface area contributed by atoms with Crippen molar-refractivity contribution in [3.05, 3.63) is 29.8 Å². The van der Waals surface area contributed by atoms with Crippen LogP contribution in [0.5, 0.6) is 0 Å². The van der Waals surface area contributed by atoms with Gasteiger partial charge >= 0.3 is 12.1 Å². The van der Waals surface area contributed by atoms with Crippen LogP contribution >= 0.6 is 0 Å². The Morgan fingerprint density at radius 2 is 1.82 bits per heavy atom. The number of hydrogen-bond acceptors (Lipinski definition) is 5. The van der Waals surface area contributed by atoms with Gasteiger partial charge in [-0.2, -0.15) is 18.4 Å². The summed E-state index contributed by atoms with van der Waals surface area (Å²) in [4.78, 5) is 56.2. The van der Waals surface area contributed by atoms with Crippen molar-refractivity contribution < 1.29 is 32.3 Å². The number of likely N-dealkylation sites (tertiary alicyclic amines) is 1. The second-order valence-electron chi connectivity index (χ2n) is 14.4. The van der Waals surface area contributed by atoms with Gasteiger partial charge in [0.05, 0.1) is 12.0 Å². The number of amides is 4. The maximum Gasteiger partial charge on any atom is 0.471 e. The van der Waals surface area contributed by atoms with Crippen LogP contribution in [0.1, 0.15) is 72.8 Å². The maximum atomic E-state index is 14.6. The highest BCUT2D eigenvalue weighted by atomic mass is 19.4. The molecule has 1 unspecified atom stereocenters. The van der Waals surface area contributed by atoms with Crippen LogP contribution in [-0.2, 0) is 19.2 Å². The van der Waals surface area contributed by atoms with Crippen LogP contribution in [-0.4, -0.2) is 70.8 Å². The molecule has 0 spiro atoms. The molecule has 2 heterocycles. The molecule has 9 nitrogen and oxygen atoms in total. The maximum absolute atomic E-state index is 14.6. The Morgan fingerprint density at radius 1 is 1.18 bits per heavy atom. The van der Waals surface area contributed by atoms with Crippen LogP contribution < -0.4 is 10.6 Å². The van der Waals surface area contributed by atoms with Gasteiger partial charge in [0, 0.05) is 18.8 Å². The normalized spacial score (nSPS) is 25.0. The molecule has 4 rings (SSSR count). The fraction of sp³-hybridized carbons (Fsp3) is 0.656. The van der Waals surface area contributed by atoms with Gasteiger partial charge < -0.3 is 20.4 Å². The first-order chi connectivity index (χ1) is 20.3. The number of alkyl halides is 3. The van der Waals surface area contributed by atoms with Crippen LogP contribution in [0.2, 0.25) is 0 Å². The summed E-state index contributed by atoms with van der Waals surface area (Å²) in [5.41, 5.74) is -0.00411. The zero-order valence-corrected chi connectivity index (χ0v) is 26.3. The molecule has 4 amide bonds. The van der Waals surface area contributed by atoms with Crippen LogP contribution in [0.3, 0.4) is 0 Å². The van der Waals surface area contributed by atoms with E-state index in [9.17, 15) is 37.6 Å².